The average Bonchev–Trinajstić information content (AvgIpc) is 2.03. The molecule has 72 valence electrons. The largest absolute Gasteiger partial charge is 0.397 e. The van der Waals surface area contributed by atoms with E-state index in [1.54, 1.807) is 0 Å². The molecule has 0 saturated carbocycles. The minimum Gasteiger partial charge on any atom is -0.397 e. The molecule has 0 fully saturated rings. The van der Waals surface area contributed by atoms with E-state index in [0.29, 0.717) is 11.0 Å². The van der Waals surface area contributed by atoms with Crippen LogP contribution in [0.5, 0.6) is 0 Å². The first-order valence-electron chi connectivity index (χ1n) is 3.35. The van der Waals surface area contributed by atoms with E-state index in [4.69, 9.17) is 5.73 Å². The van der Waals surface area contributed by atoms with Gasteiger partial charge in [0.25, 0.3) is 6.43 Å². The second kappa shape index (κ2) is 4.50. The maximum absolute atomic E-state index is 12.3. The average molecular weight is 363 g/mol. The lowest BCUT2D eigenvalue weighted by Gasteiger charge is -2.07. The first-order chi connectivity index (χ1) is 6.06. The minimum absolute atomic E-state index is 0.0455. The lowest BCUT2D eigenvalue weighted by Crippen LogP contribution is -2.03. The second-order valence-corrected chi connectivity index (χ2v) is 4.05. The number of nitrogen functional groups attached to an aromatic ring is 1. The fourth-order valence-electron chi connectivity index (χ4n) is 0.826. The van der Waals surface area contributed by atoms with Crippen molar-refractivity contribution in [3.05, 3.63) is 21.0 Å². The van der Waals surface area contributed by atoms with Crippen LogP contribution in [0.15, 0.2) is 6.07 Å². The van der Waals surface area contributed by atoms with Crippen LogP contribution in [0.25, 0.3) is 0 Å². The fourth-order valence-corrected chi connectivity index (χ4v) is 2.42. The molecule has 0 bridgehead atoms. The van der Waals surface area contributed by atoms with Crippen molar-refractivity contribution in [2.75, 3.05) is 5.73 Å². The van der Waals surface area contributed by atoms with Gasteiger partial charge in [0, 0.05) is 8.90 Å². The quantitative estimate of drug-likeness (QED) is 0.648. The summed E-state index contributed by atoms with van der Waals surface area (Å²) in [6.07, 6.45) is -2.62. The van der Waals surface area contributed by atoms with Crippen LogP contribution in [0.3, 0.4) is 0 Å². The number of anilines is 1. The number of hydrogen-bond donors (Lipinski definition) is 1. The minimum atomic E-state index is -2.62. The van der Waals surface area contributed by atoms with Crippen molar-refractivity contribution in [3.8, 4) is 0 Å². The molecule has 1 aromatic rings. The summed E-state index contributed by atoms with van der Waals surface area (Å²) in [4.78, 5) is 3.76. The molecule has 2 nitrogen and oxygen atoms in total. The zero-order valence-corrected chi connectivity index (χ0v) is 10.1. The molecular formula is C7H6BrF2IN2. The van der Waals surface area contributed by atoms with Gasteiger partial charge in [0.2, 0.25) is 0 Å². The topological polar surface area (TPSA) is 38.9 Å². The van der Waals surface area contributed by atoms with Gasteiger partial charge in [0.1, 0.15) is 5.69 Å². The van der Waals surface area contributed by atoms with Gasteiger partial charge in [-0.1, -0.05) is 15.9 Å². The van der Waals surface area contributed by atoms with Gasteiger partial charge in [0.05, 0.1) is 11.4 Å². The van der Waals surface area contributed by atoms with Crippen LogP contribution in [-0.4, -0.2) is 4.98 Å². The highest BCUT2D eigenvalue weighted by Gasteiger charge is 2.15. The van der Waals surface area contributed by atoms with E-state index in [1.807, 2.05) is 22.6 Å². The van der Waals surface area contributed by atoms with E-state index in [-0.39, 0.29) is 11.4 Å². The summed E-state index contributed by atoms with van der Waals surface area (Å²) in [7, 11) is 0. The highest BCUT2D eigenvalue weighted by atomic mass is 127. The normalized spacial score (nSPS) is 10.8. The predicted octanol–water partition coefficient (Wildman–Crippen LogP) is 3.10. The van der Waals surface area contributed by atoms with Crippen molar-refractivity contribution in [2.24, 2.45) is 0 Å². The van der Waals surface area contributed by atoms with Gasteiger partial charge >= 0.3 is 0 Å². The Morgan fingerprint density at radius 2 is 2.23 bits per heavy atom. The molecule has 2 N–H and O–H groups in total. The lowest BCUT2D eigenvalue weighted by atomic mass is 10.3. The predicted molar refractivity (Wildman–Crippen MR) is 59.0 cm³/mol. The van der Waals surface area contributed by atoms with E-state index in [1.165, 1.54) is 6.07 Å². The molecular weight excluding hydrogens is 357 g/mol. The number of halogens is 4. The lowest BCUT2D eigenvalue weighted by molar-refractivity contribution is 0.147. The molecule has 0 spiro atoms. The molecule has 0 saturated heterocycles. The zero-order valence-electron chi connectivity index (χ0n) is 6.40. The van der Waals surface area contributed by atoms with Gasteiger partial charge in [0.15, 0.2) is 0 Å². The molecule has 1 rings (SSSR count). The summed E-state index contributed by atoms with van der Waals surface area (Å²) in [5, 5.41) is 0.450. The van der Waals surface area contributed by atoms with Gasteiger partial charge in [-0.3, -0.25) is 0 Å². The van der Waals surface area contributed by atoms with Gasteiger partial charge in [-0.05, 0) is 28.7 Å². The molecule has 0 aliphatic rings. The Balaban J connectivity index is 3.22. The molecule has 1 heterocycles. The second-order valence-electron chi connectivity index (χ2n) is 2.33. The maximum Gasteiger partial charge on any atom is 0.282 e. The van der Waals surface area contributed by atoms with Crippen LogP contribution in [0.1, 0.15) is 17.8 Å². The van der Waals surface area contributed by atoms with Crippen LogP contribution in [0, 0.1) is 3.57 Å². The number of alkyl halides is 3. The number of aromatic nitrogens is 1. The number of pyridine rings is 1. The molecule has 0 radical (unpaired) electrons. The summed E-state index contributed by atoms with van der Waals surface area (Å²) in [5.74, 6) is 0. The molecule has 6 heteroatoms. The van der Waals surface area contributed by atoms with Crippen LogP contribution in [-0.2, 0) is 5.33 Å². The van der Waals surface area contributed by atoms with Crippen LogP contribution >= 0.6 is 38.5 Å². The van der Waals surface area contributed by atoms with Gasteiger partial charge in [-0.2, -0.15) is 0 Å². The number of nitrogens with two attached hydrogens (primary N) is 1. The number of hydrogen-bond acceptors (Lipinski definition) is 2. The molecule has 1 aromatic heterocycles. The zero-order chi connectivity index (χ0) is 10.0. The summed E-state index contributed by atoms with van der Waals surface area (Å²) >= 11 is 5.17. The molecule has 0 aliphatic carbocycles. The standard InChI is InChI=1S/C7H6BrF2IN2/c8-2-5-3(11)1-4(12)6(13-5)7(9)10/h1,7H,2,12H2. The summed E-state index contributed by atoms with van der Waals surface area (Å²) in [6.45, 7) is 0. The summed E-state index contributed by atoms with van der Waals surface area (Å²) in [5.41, 5.74) is 5.68. The Morgan fingerprint density at radius 1 is 1.62 bits per heavy atom. The third-order valence-corrected chi connectivity index (χ3v) is 2.91. The molecule has 13 heavy (non-hydrogen) atoms. The van der Waals surface area contributed by atoms with Crippen LogP contribution < -0.4 is 5.73 Å². The van der Waals surface area contributed by atoms with Crippen molar-refractivity contribution in [1.29, 1.82) is 0 Å². The number of rotatable bonds is 2. The van der Waals surface area contributed by atoms with E-state index in [9.17, 15) is 8.78 Å². The first kappa shape index (κ1) is 11.1. The van der Waals surface area contributed by atoms with E-state index in [0.717, 1.165) is 3.57 Å². The molecule has 0 atom stereocenters. The fraction of sp³-hybridized carbons (Fsp3) is 0.286. The van der Waals surface area contributed by atoms with Crippen LogP contribution in [0.2, 0.25) is 0 Å². The maximum atomic E-state index is 12.3. The van der Waals surface area contributed by atoms with Gasteiger partial charge in [-0.25, -0.2) is 13.8 Å². The Hall–Kier alpha value is 0.0200. The molecule has 0 amide bonds. The highest BCUT2D eigenvalue weighted by molar-refractivity contribution is 14.1. The van der Waals surface area contributed by atoms with Crippen LogP contribution in [0.4, 0.5) is 14.5 Å². The Morgan fingerprint density at radius 3 is 2.69 bits per heavy atom. The molecule has 0 aromatic carbocycles. The number of nitrogens with zero attached hydrogens (tertiary/aromatic N) is 1. The summed E-state index contributed by atoms with van der Waals surface area (Å²) in [6, 6.07) is 1.51. The van der Waals surface area contributed by atoms with E-state index < -0.39 is 6.43 Å². The van der Waals surface area contributed by atoms with Crippen molar-refractivity contribution < 1.29 is 8.78 Å². The highest BCUT2D eigenvalue weighted by Crippen LogP contribution is 2.26. The van der Waals surface area contributed by atoms with Crippen molar-refractivity contribution in [2.45, 2.75) is 11.8 Å². The van der Waals surface area contributed by atoms with E-state index in [2.05, 4.69) is 20.9 Å². The Kier molecular flexibility index (Phi) is 3.84. The van der Waals surface area contributed by atoms with Crippen molar-refractivity contribution >= 4 is 44.2 Å². The third-order valence-electron chi connectivity index (χ3n) is 1.44. The van der Waals surface area contributed by atoms with Crippen molar-refractivity contribution in [3.63, 3.8) is 0 Å². The van der Waals surface area contributed by atoms with Gasteiger partial charge in [-0.15, -0.1) is 0 Å². The monoisotopic (exact) mass is 362 g/mol. The van der Waals surface area contributed by atoms with E-state index >= 15 is 0 Å². The SMILES string of the molecule is Nc1cc(I)c(CBr)nc1C(F)F. The third kappa shape index (κ3) is 2.49. The van der Waals surface area contributed by atoms with Gasteiger partial charge < -0.3 is 5.73 Å². The summed E-state index contributed by atoms with van der Waals surface area (Å²) < 4.78 is 25.4. The first-order valence-corrected chi connectivity index (χ1v) is 5.55. The molecule has 0 unspecified atom stereocenters. The smallest absolute Gasteiger partial charge is 0.282 e. The Labute approximate surface area is 96.2 Å². The Bertz CT molecular complexity index is 320. The van der Waals surface area contributed by atoms with Crippen molar-refractivity contribution in [1.82, 2.24) is 4.98 Å². The molecule has 0 aliphatic heterocycles.